The van der Waals surface area contributed by atoms with Gasteiger partial charge in [0, 0.05) is 0 Å². The van der Waals surface area contributed by atoms with Gasteiger partial charge in [-0.3, -0.25) is 0 Å². The molecule has 0 fully saturated rings. The summed E-state index contributed by atoms with van der Waals surface area (Å²) in [7, 11) is 0. The summed E-state index contributed by atoms with van der Waals surface area (Å²) in [6.45, 7) is 0. The molecule has 0 aromatic heterocycles. The molecule has 7 heteroatoms. The smallest absolute Gasteiger partial charge is 2.00 e. The van der Waals surface area contributed by atoms with Crippen LogP contribution < -0.4 is 0 Å². The molecule has 0 spiro atoms. The van der Waals surface area contributed by atoms with Crippen molar-refractivity contribution in [1.82, 2.24) is 0 Å². The van der Waals surface area contributed by atoms with E-state index in [0.29, 0.717) is 0 Å². The van der Waals surface area contributed by atoms with Gasteiger partial charge in [-0.15, -0.1) is 0 Å². The third kappa shape index (κ3) is 67.9. The molecule has 0 aliphatic rings. The Balaban J connectivity index is 0. The van der Waals surface area contributed by atoms with E-state index in [4.69, 9.17) is 0 Å². The van der Waals surface area contributed by atoms with Crippen LogP contribution in [0.15, 0.2) is 0 Å². The normalized spacial score (nSPS) is 0. The van der Waals surface area contributed by atoms with Gasteiger partial charge in [-0.2, -0.15) is 0 Å². The minimum Gasteiger partial charge on any atom is -2.00 e. The van der Waals surface area contributed by atoms with E-state index in [0.717, 1.165) is 0 Å². The quantitative estimate of drug-likeness (QED) is 0.472. The van der Waals surface area contributed by atoms with Gasteiger partial charge in [0.25, 0.3) is 0 Å². The Bertz CT molecular complexity index is 11.7. The Kier molecular flexibility index (Phi) is 1770. The molecule has 7 heavy (non-hydrogen) atoms. The molecule has 0 aromatic carbocycles. The molecular formula is GaInMgO4. The topological polar surface area (TPSA) is 114 Å². The molecule has 0 aromatic rings. The summed E-state index contributed by atoms with van der Waals surface area (Å²) in [5, 5.41) is 0. The monoisotopic (exact) mass is 272 g/mol. The van der Waals surface area contributed by atoms with Crippen molar-refractivity contribution in [2.24, 2.45) is 0 Å². The van der Waals surface area contributed by atoms with E-state index >= 15 is 0 Å². The average molecular weight is 273 g/mol. The van der Waals surface area contributed by atoms with Gasteiger partial charge >= 0.3 is 68.7 Å². The fraction of sp³-hybridized carbons (Fsp3) is 0. The predicted molar refractivity (Wildman–Crippen MR) is 20.0 cm³/mol. The van der Waals surface area contributed by atoms with Gasteiger partial charge in [-0.25, -0.2) is 0 Å². The first-order chi connectivity index (χ1) is 0. The first-order valence-corrected chi connectivity index (χ1v) is 0. The minimum atomic E-state index is 0. The Morgan fingerprint density at radius 2 is 0.571 bits per heavy atom. The second kappa shape index (κ2) is 92.0. The van der Waals surface area contributed by atoms with Gasteiger partial charge < -0.3 is 21.9 Å². The third-order valence-corrected chi connectivity index (χ3v) is 0. The summed E-state index contributed by atoms with van der Waals surface area (Å²) in [5.74, 6) is 0. The first kappa shape index (κ1) is 134. The van der Waals surface area contributed by atoms with Crippen molar-refractivity contribution >= 4 is 68.7 Å². The van der Waals surface area contributed by atoms with Crippen molar-refractivity contribution in [3.05, 3.63) is 0 Å². The SMILES string of the molecule is [Ga+3].[In+3].[Mg+2].[O-2].[O-2].[O-2].[O-2]. The third-order valence-electron chi connectivity index (χ3n) is 0. The Morgan fingerprint density at radius 1 is 0.571 bits per heavy atom. The zero-order valence-electron chi connectivity index (χ0n) is 3.49. The molecule has 0 saturated carbocycles. The van der Waals surface area contributed by atoms with Crippen molar-refractivity contribution in [2.45, 2.75) is 0 Å². The maximum Gasteiger partial charge on any atom is 3.00 e. The molecule has 0 rings (SSSR count). The molecule has 0 radical (unpaired) electrons. The molecule has 0 amide bonds. The Hall–Kier alpha value is 2.11. The van der Waals surface area contributed by atoms with E-state index < -0.39 is 0 Å². The number of rotatable bonds is 0. The predicted octanol–water partition coefficient (Wildman–Crippen LogP) is -1.62. The van der Waals surface area contributed by atoms with Gasteiger partial charge in [0.15, 0.2) is 0 Å². The van der Waals surface area contributed by atoms with Gasteiger partial charge in [0.1, 0.15) is 0 Å². The zero-order valence-corrected chi connectivity index (χ0v) is 10.6. The minimum absolute atomic E-state index is 0. The number of hydrogen-bond donors (Lipinski definition) is 0. The molecule has 0 saturated heterocycles. The molecule has 0 aliphatic heterocycles. The molecular weight excluding hydrogens is 273 g/mol. The summed E-state index contributed by atoms with van der Waals surface area (Å²) < 4.78 is 0. The van der Waals surface area contributed by atoms with Crippen molar-refractivity contribution in [1.29, 1.82) is 0 Å². The molecule has 0 heterocycles. The Morgan fingerprint density at radius 3 is 0.571 bits per heavy atom. The van der Waals surface area contributed by atoms with E-state index in [1.165, 1.54) is 0 Å². The molecule has 0 N–H and O–H groups in total. The van der Waals surface area contributed by atoms with Crippen LogP contribution in [0.2, 0.25) is 0 Å². The van der Waals surface area contributed by atoms with E-state index in [2.05, 4.69) is 0 Å². The molecule has 4 nitrogen and oxygen atoms in total. The van der Waals surface area contributed by atoms with Crippen LogP contribution in [0.4, 0.5) is 0 Å². The van der Waals surface area contributed by atoms with Crippen LogP contribution in [-0.2, 0) is 21.9 Å². The van der Waals surface area contributed by atoms with Crippen LogP contribution >= 0.6 is 0 Å². The standard InChI is InChI=1S/Ga.In.Mg.4O/q2*+3;+2;4*-2. The van der Waals surface area contributed by atoms with Crippen LogP contribution in [-0.4, -0.2) is 68.7 Å². The second-order valence-electron chi connectivity index (χ2n) is 0. The van der Waals surface area contributed by atoms with Crippen molar-refractivity contribution in [3.63, 3.8) is 0 Å². The summed E-state index contributed by atoms with van der Waals surface area (Å²) in [5.41, 5.74) is 0. The second-order valence-corrected chi connectivity index (χ2v) is 0. The molecule has 0 bridgehead atoms. The summed E-state index contributed by atoms with van der Waals surface area (Å²) in [6.07, 6.45) is 0. The molecule has 32 valence electrons. The maximum atomic E-state index is 0. The largest absolute Gasteiger partial charge is 3.00 e. The van der Waals surface area contributed by atoms with Crippen LogP contribution in [0.3, 0.4) is 0 Å². The fourth-order valence-corrected chi connectivity index (χ4v) is 0. The molecule has 0 aliphatic carbocycles. The maximum absolute atomic E-state index is 0. The van der Waals surface area contributed by atoms with Crippen LogP contribution in [0.25, 0.3) is 0 Å². The van der Waals surface area contributed by atoms with Gasteiger partial charge in [-0.05, 0) is 0 Å². The Labute approximate surface area is 89.6 Å². The van der Waals surface area contributed by atoms with Gasteiger partial charge in [-0.1, -0.05) is 0 Å². The first-order valence-electron chi connectivity index (χ1n) is 0. The van der Waals surface area contributed by atoms with Gasteiger partial charge in [0.2, 0.25) is 0 Å². The van der Waals surface area contributed by atoms with E-state index in [1.807, 2.05) is 0 Å². The van der Waals surface area contributed by atoms with E-state index in [-0.39, 0.29) is 90.6 Å². The van der Waals surface area contributed by atoms with Crippen LogP contribution in [0.5, 0.6) is 0 Å². The van der Waals surface area contributed by atoms with Crippen molar-refractivity contribution in [2.75, 3.05) is 0 Å². The van der Waals surface area contributed by atoms with Crippen LogP contribution in [0.1, 0.15) is 0 Å². The zero-order chi connectivity index (χ0) is 0. The van der Waals surface area contributed by atoms with Crippen LogP contribution in [0, 0.1) is 0 Å². The summed E-state index contributed by atoms with van der Waals surface area (Å²) in [4.78, 5) is 0. The summed E-state index contributed by atoms with van der Waals surface area (Å²) >= 11 is 0. The molecule has 0 unspecified atom stereocenters. The van der Waals surface area contributed by atoms with Gasteiger partial charge in [0.05, 0.1) is 0 Å². The fourth-order valence-electron chi connectivity index (χ4n) is 0. The molecule has 0 atom stereocenters. The van der Waals surface area contributed by atoms with E-state index in [1.54, 1.807) is 0 Å². The average Bonchev–Trinajstić information content (AvgIpc) is 0. The van der Waals surface area contributed by atoms with E-state index in [9.17, 15) is 0 Å². The summed E-state index contributed by atoms with van der Waals surface area (Å²) in [6, 6.07) is 0. The van der Waals surface area contributed by atoms with Crippen molar-refractivity contribution in [3.8, 4) is 0 Å². The van der Waals surface area contributed by atoms with Crippen molar-refractivity contribution < 1.29 is 21.9 Å². The number of hydrogen-bond acceptors (Lipinski definition) is 0.